The Labute approximate surface area is 144 Å². The molecule has 9 heteroatoms. The number of benzene rings is 2. The molecule has 2 aromatic rings. The molecule has 4 nitrogen and oxygen atoms in total. The second-order valence-corrected chi connectivity index (χ2v) is 12.3. The van der Waals surface area contributed by atoms with Gasteiger partial charge in [-0.25, -0.2) is 0 Å². The summed E-state index contributed by atoms with van der Waals surface area (Å²) >= 11 is -4.47. The summed E-state index contributed by atoms with van der Waals surface area (Å²) in [5.74, 6) is -1.10. The van der Waals surface area contributed by atoms with Crippen LogP contribution >= 0.6 is 20.1 Å². The fourth-order valence-corrected chi connectivity index (χ4v) is 10.5. The molecular weight excluding hydrogens is 458 g/mol. The summed E-state index contributed by atoms with van der Waals surface area (Å²) in [6.45, 7) is 1.72. The Morgan fingerprint density at radius 3 is 2.17 bits per heavy atom. The summed E-state index contributed by atoms with van der Waals surface area (Å²) in [6, 6.07) is 10.6. The van der Waals surface area contributed by atoms with Gasteiger partial charge in [0.1, 0.15) is 0 Å². The van der Waals surface area contributed by atoms with Crippen molar-refractivity contribution in [1.29, 1.82) is 0 Å². The average molecular weight is 469 g/mol. The molecule has 0 aliphatic carbocycles. The molecule has 0 spiro atoms. The van der Waals surface area contributed by atoms with Gasteiger partial charge in [-0.15, -0.1) is 0 Å². The van der Waals surface area contributed by atoms with E-state index in [0.717, 1.165) is 5.56 Å². The van der Waals surface area contributed by atoms with Crippen LogP contribution in [0.1, 0.15) is 15.9 Å². The van der Waals surface area contributed by atoms with Crippen LogP contribution in [0.25, 0.3) is 0 Å². The molecule has 0 N–H and O–H groups in total. The van der Waals surface area contributed by atoms with E-state index in [9.17, 15) is 26.4 Å². The third-order valence-corrected chi connectivity index (χ3v) is 11.8. The predicted octanol–water partition coefficient (Wildman–Crippen LogP) is 3.95. The first-order valence-corrected chi connectivity index (χ1v) is 11.2. The molecule has 1 aliphatic rings. The van der Waals surface area contributed by atoms with Crippen molar-refractivity contribution < 1.29 is 26.4 Å². The second kappa shape index (κ2) is 5.73. The first-order valence-electron chi connectivity index (χ1n) is 6.66. The van der Waals surface area contributed by atoms with Gasteiger partial charge < -0.3 is 0 Å². The molecule has 2 aromatic carbocycles. The minimum atomic E-state index is -4.76. The minimum absolute atomic E-state index is 0.0895. The van der Waals surface area contributed by atoms with E-state index in [-0.39, 0.29) is 16.5 Å². The van der Waals surface area contributed by atoms with Crippen molar-refractivity contribution >= 4 is 36.0 Å². The first kappa shape index (κ1) is 17.2. The number of amides is 1. The Bertz CT molecular complexity index is 910. The number of carbonyl (C=O) groups is 1. The summed E-state index contributed by atoms with van der Waals surface area (Å²) < 4.78 is 61.3. The number of sulfonamides is 1. The fraction of sp³-hybridized carbons (Fsp3) is 0.133. The first-order chi connectivity index (χ1) is 11.1. The van der Waals surface area contributed by atoms with Crippen LogP contribution in [0.5, 0.6) is 0 Å². The Balaban J connectivity index is 2.19. The normalized spacial score (nSPS) is 16.4. The zero-order chi connectivity index (χ0) is 17.7. The number of carbonyl (C=O) groups excluding carboxylic acids is 1. The van der Waals surface area contributed by atoms with Gasteiger partial charge in [0.05, 0.1) is 0 Å². The SMILES string of the molecule is Cc1ccc(S(=O)(=O)N2C(=O)c3ccccc3I2C(F)(F)F)cc1. The van der Waals surface area contributed by atoms with Crippen LogP contribution in [0.4, 0.5) is 13.2 Å². The number of hydrogen-bond donors (Lipinski definition) is 0. The molecule has 0 atom stereocenters. The molecule has 1 aliphatic heterocycles. The van der Waals surface area contributed by atoms with Crippen molar-refractivity contribution in [3.63, 3.8) is 0 Å². The topological polar surface area (TPSA) is 54.5 Å². The second-order valence-electron chi connectivity index (χ2n) is 5.01. The molecule has 0 radical (unpaired) electrons. The Morgan fingerprint density at radius 1 is 1.00 bits per heavy atom. The zero-order valence-electron chi connectivity index (χ0n) is 12.2. The Hall–Kier alpha value is -1.62. The third kappa shape index (κ3) is 2.69. The summed E-state index contributed by atoms with van der Waals surface area (Å²) in [6.07, 6.45) is 0. The van der Waals surface area contributed by atoms with Crippen LogP contribution in [0.3, 0.4) is 0 Å². The number of aryl methyl sites for hydroxylation is 1. The van der Waals surface area contributed by atoms with E-state index in [2.05, 4.69) is 0 Å². The van der Waals surface area contributed by atoms with Gasteiger partial charge in [0, 0.05) is 0 Å². The Kier molecular flexibility index (Phi) is 4.11. The van der Waals surface area contributed by atoms with Crippen LogP contribution in [-0.2, 0) is 10.0 Å². The molecule has 24 heavy (non-hydrogen) atoms. The van der Waals surface area contributed by atoms with E-state index in [1.54, 1.807) is 6.92 Å². The van der Waals surface area contributed by atoms with Crippen LogP contribution in [0, 0.1) is 10.5 Å². The summed E-state index contributed by atoms with van der Waals surface area (Å²) in [4.78, 5) is 12.1. The predicted molar refractivity (Wildman–Crippen MR) is 89.7 cm³/mol. The van der Waals surface area contributed by atoms with Crippen molar-refractivity contribution in [2.45, 2.75) is 16.0 Å². The van der Waals surface area contributed by atoms with Crippen LogP contribution in [0.15, 0.2) is 53.4 Å². The molecule has 0 saturated heterocycles. The van der Waals surface area contributed by atoms with Crippen molar-refractivity contribution in [1.82, 2.24) is 2.52 Å². The van der Waals surface area contributed by atoms with Gasteiger partial charge in [-0.2, -0.15) is 0 Å². The summed E-state index contributed by atoms with van der Waals surface area (Å²) in [5, 5.41) is 0. The Morgan fingerprint density at radius 2 is 1.58 bits per heavy atom. The zero-order valence-corrected chi connectivity index (χ0v) is 15.2. The number of fused-ring (bicyclic) bond motifs is 1. The van der Waals surface area contributed by atoms with Gasteiger partial charge in [0.25, 0.3) is 0 Å². The fourth-order valence-electron chi connectivity index (χ4n) is 2.25. The van der Waals surface area contributed by atoms with E-state index >= 15 is 0 Å². The van der Waals surface area contributed by atoms with Crippen molar-refractivity contribution in [3.05, 3.63) is 63.2 Å². The number of alkyl halides is 4. The van der Waals surface area contributed by atoms with E-state index in [4.69, 9.17) is 0 Å². The molecule has 0 bridgehead atoms. The number of halogens is 4. The molecule has 3 rings (SSSR count). The standard InChI is InChI=1S/C15H11F3INO3S/c1-10-6-8-11(9-7-10)24(22,23)20-14(21)12-4-2-3-5-13(12)19(20)15(16,17)18/h2-9H,1H3. The average Bonchev–Trinajstić information content (AvgIpc) is 2.82. The molecule has 1 heterocycles. The molecule has 0 saturated carbocycles. The molecule has 0 aromatic heterocycles. The van der Waals surface area contributed by atoms with Crippen LogP contribution in [0.2, 0.25) is 0 Å². The molecular formula is C15H11F3INO3S. The van der Waals surface area contributed by atoms with Gasteiger partial charge in [0.15, 0.2) is 0 Å². The van der Waals surface area contributed by atoms with E-state index < -0.39 is 40.2 Å². The monoisotopic (exact) mass is 469 g/mol. The van der Waals surface area contributed by atoms with E-state index in [1.165, 1.54) is 48.5 Å². The van der Waals surface area contributed by atoms with Crippen LogP contribution < -0.4 is 0 Å². The van der Waals surface area contributed by atoms with Gasteiger partial charge in [-0.05, 0) is 0 Å². The van der Waals surface area contributed by atoms with Crippen molar-refractivity contribution in [3.8, 4) is 0 Å². The van der Waals surface area contributed by atoms with E-state index in [1.807, 2.05) is 0 Å². The number of nitrogens with zero attached hydrogens (tertiary/aromatic N) is 1. The summed E-state index contributed by atoms with van der Waals surface area (Å²) in [5.41, 5.74) is 0.576. The van der Waals surface area contributed by atoms with E-state index in [0.29, 0.717) is 0 Å². The van der Waals surface area contributed by atoms with Crippen molar-refractivity contribution in [2.75, 3.05) is 0 Å². The molecule has 128 valence electrons. The molecule has 0 unspecified atom stereocenters. The maximum atomic E-state index is 13.6. The van der Waals surface area contributed by atoms with Gasteiger partial charge >= 0.3 is 144 Å². The number of hydrogen-bond acceptors (Lipinski definition) is 3. The van der Waals surface area contributed by atoms with Crippen molar-refractivity contribution in [2.24, 2.45) is 0 Å². The number of rotatable bonds is 2. The van der Waals surface area contributed by atoms with Gasteiger partial charge in [0.2, 0.25) is 0 Å². The summed E-state index contributed by atoms with van der Waals surface area (Å²) in [7, 11) is -4.57. The maximum absolute atomic E-state index is 13.6. The quantitative estimate of drug-likeness (QED) is 0.381. The third-order valence-electron chi connectivity index (χ3n) is 3.34. The van der Waals surface area contributed by atoms with Gasteiger partial charge in [-0.3, -0.25) is 0 Å². The molecule has 0 fully saturated rings. The van der Waals surface area contributed by atoms with Gasteiger partial charge in [-0.1, -0.05) is 0 Å². The molecule has 1 amide bonds. The van der Waals surface area contributed by atoms with Crippen LogP contribution in [-0.4, -0.2) is 21.0 Å².